The normalized spacial score (nSPS) is 10.2. The first kappa shape index (κ1) is 17.2. The van der Waals surface area contributed by atoms with Crippen LogP contribution in [0.1, 0.15) is 0 Å². The van der Waals surface area contributed by atoms with Crippen molar-refractivity contribution in [3.63, 3.8) is 0 Å². The lowest BCUT2D eigenvalue weighted by molar-refractivity contribution is -0.384. The molecule has 0 radical (unpaired) electrons. The van der Waals surface area contributed by atoms with Crippen molar-refractivity contribution < 1.29 is 14.5 Å². The minimum absolute atomic E-state index is 0.0275. The van der Waals surface area contributed by atoms with Crippen LogP contribution in [0.5, 0.6) is 5.75 Å². The molecule has 6 heteroatoms. The predicted molar refractivity (Wildman–Crippen MR) is 99.1 cm³/mol. The summed E-state index contributed by atoms with van der Waals surface area (Å²) in [5, 5.41) is 13.3. The van der Waals surface area contributed by atoms with Crippen molar-refractivity contribution in [1.29, 1.82) is 0 Å². The smallest absolute Gasteiger partial charge is 0.269 e. The average Bonchev–Trinajstić information content (AvgIpc) is 2.68. The molecule has 0 saturated heterocycles. The molecule has 0 aliphatic carbocycles. The van der Waals surface area contributed by atoms with Gasteiger partial charge in [-0.1, -0.05) is 42.5 Å². The fraction of sp³-hybridized carbons (Fsp3) is 0.0500. The maximum atomic E-state index is 12.0. The van der Waals surface area contributed by atoms with E-state index < -0.39 is 4.92 Å². The highest BCUT2D eigenvalue weighted by molar-refractivity contribution is 5.92. The number of amides is 1. The maximum Gasteiger partial charge on any atom is 0.269 e. The first-order valence-electron chi connectivity index (χ1n) is 7.94. The zero-order valence-corrected chi connectivity index (χ0v) is 13.8. The summed E-state index contributed by atoms with van der Waals surface area (Å²) < 4.78 is 5.33. The number of hydrogen-bond acceptors (Lipinski definition) is 4. The van der Waals surface area contributed by atoms with Gasteiger partial charge in [-0.25, -0.2) is 0 Å². The molecule has 1 N–H and O–H groups in total. The summed E-state index contributed by atoms with van der Waals surface area (Å²) in [7, 11) is 0. The Balaban J connectivity index is 1.54. The molecular weight excluding hydrogens is 332 g/mol. The number of carbonyl (C=O) groups is 1. The standard InChI is InChI=1S/C20H16N2O4/c23-20(14-26-19-12-10-18(11-13-19)22(24)25)21-17-8-6-16(7-9-17)15-4-2-1-3-5-15/h1-13H,14H2,(H,21,23). The van der Waals surface area contributed by atoms with E-state index in [1.165, 1.54) is 24.3 Å². The highest BCUT2D eigenvalue weighted by Crippen LogP contribution is 2.21. The van der Waals surface area contributed by atoms with Gasteiger partial charge in [0, 0.05) is 17.8 Å². The van der Waals surface area contributed by atoms with Gasteiger partial charge in [-0.15, -0.1) is 0 Å². The molecule has 0 heterocycles. The quantitative estimate of drug-likeness (QED) is 0.532. The van der Waals surface area contributed by atoms with Crippen LogP contribution < -0.4 is 10.1 Å². The van der Waals surface area contributed by atoms with Crippen LogP contribution in [0.15, 0.2) is 78.9 Å². The molecule has 0 saturated carbocycles. The van der Waals surface area contributed by atoms with E-state index in [0.717, 1.165) is 11.1 Å². The van der Waals surface area contributed by atoms with E-state index in [1.807, 2.05) is 54.6 Å². The van der Waals surface area contributed by atoms with Crippen molar-refractivity contribution in [2.45, 2.75) is 0 Å². The third kappa shape index (κ3) is 4.45. The zero-order valence-electron chi connectivity index (χ0n) is 13.8. The summed E-state index contributed by atoms with van der Waals surface area (Å²) in [4.78, 5) is 22.1. The lowest BCUT2D eigenvalue weighted by atomic mass is 10.1. The number of anilines is 1. The topological polar surface area (TPSA) is 81.5 Å². The molecule has 0 spiro atoms. The molecule has 0 aliphatic heterocycles. The molecule has 26 heavy (non-hydrogen) atoms. The molecule has 0 unspecified atom stereocenters. The predicted octanol–water partition coefficient (Wildman–Crippen LogP) is 4.28. The van der Waals surface area contributed by atoms with E-state index in [4.69, 9.17) is 4.74 Å². The van der Waals surface area contributed by atoms with Gasteiger partial charge < -0.3 is 10.1 Å². The van der Waals surface area contributed by atoms with E-state index in [1.54, 1.807) is 0 Å². The van der Waals surface area contributed by atoms with Crippen LogP contribution in [0.25, 0.3) is 11.1 Å². The summed E-state index contributed by atoms with van der Waals surface area (Å²) in [6, 6.07) is 23.0. The average molecular weight is 348 g/mol. The molecule has 0 aromatic heterocycles. The highest BCUT2D eigenvalue weighted by Gasteiger charge is 2.07. The van der Waals surface area contributed by atoms with Crippen molar-refractivity contribution in [2.75, 3.05) is 11.9 Å². The number of hydrogen-bond donors (Lipinski definition) is 1. The summed E-state index contributed by atoms with van der Waals surface area (Å²) in [5.74, 6) is 0.0842. The van der Waals surface area contributed by atoms with Gasteiger partial charge in [-0.05, 0) is 35.4 Å². The van der Waals surface area contributed by atoms with Crippen LogP contribution in [-0.2, 0) is 4.79 Å². The fourth-order valence-corrected chi connectivity index (χ4v) is 2.39. The Bertz CT molecular complexity index is 891. The van der Waals surface area contributed by atoms with Crippen molar-refractivity contribution in [3.8, 4) is 16.9 Å². The fourth-order valence-electron chi connectivity index (χ4n) is 2.39. The molecule has 0 atom stereocenters. The molecule has 0 bridgehead atoms. The number of ether oxygens (including phenoxy) is 1. The number of carbonyl (C=O) groups excluding carboxylic acids is 1. The second kappa shape index (κ2) is 7.94. The Morgan fingerprint density at radius 2 is 1.50 bits per heavy atom. The first-order chi connectivity index (χ1) is 12.6. The molecule has 3 aromatic rings. The highest BCUT2D eigenvalue weighted by atomic mass is 16.6. The summed E-state index contributed by atoms with van der Waals surface area (Å²) in [5.41, 5.74) is 2.81. The van der Waals surface area contributed by atoms with E-state index in [2.05, 4.69) is 5.32 Å². The van der Waals surface area contributed by atoms with E-state index in [9.17, 15) is 14.9 Å². The number of non-ortho nitro benzene ring substituents is 1. The largest absolute Gasteiger partial charge is 0.484 e. The van der Waals surface area contributed by atoms with Gasteiger partial charge in [-0.2, -0.15) is 0 Å². The Morgan fingerprint density at radius 1 is 0.885 bits per heavy atom. The van der Waals surface area contributed by atoms with Gasteiger partial charge in [0.15, 0.2) is 6.61 Å². The summed E-state index contributed by atoms with van der Waals surface area (Å²) in [6.45, 7) is -0.182. The van der Waals surface area contributed by atoms with Gasteiger partial charge in [-0.3, -0.25) is 14.9 Å². The van der Waals surface area contributed by atoms with Crippen LogP contribution >= 0.6 is 0 Å². The minimum atomic E-state index is -0.490. The molecule has 3 aromatic carbocycles. The Labute approximate surface area is 150 Å². The molecule has 3 rings (SSSR count). The monoisotopic (exact) mass is 348 g/mol. The Morgan fingerprint density at radius 3 is 2.12 bits per heavy atom. The molecule has 0 aliphatic rings. The number of nitrogens with one attached hydrogen (secondary N) is 1. The molecule has 0 fully saturated rings. The Kier molecular flexibility index (Phi) is 5.24. The first-order valence-corrected chi connectivity index (χ1v) is 7.94. The van der Waals surface area contributed by atoms with Gasteiger partial charge in [0.05, 0.1) is 4.92 Å². The van der Waals surface area contributed by atoms with Gasteiger partial charge in [0.25, 0.3) is 11.6 Å². The zero-order chi connectivity index (χ0) is 18.4. The molecule has 6 nitrogen and oxygen atoms in total. The van der Waals surface area contributed by atoms with E-state index in [-0.39, 0.29) is 18.2 Å². The van der Waals surface area contributed by atoms with Crippen LogP contribution in [0.3, 0.4) is 0 Å². The van der Waals surface area contributed by atoms with Crippen LogP contribution in [0, 0.1) is 10.1 Å². The van der Waals surface area contributed by atoms with Crippen molar-refractivity contribution in [2.24, 2.45) is 0 Å². The van der Waals surface area contributed by atoms with Crippen LogP contribution in [0.2, 0.25) is 0 Å². The van der Waals surface area contributed by atoms with Crippen molar-refractivity contribution in [3.05, 3.63) is 89.0 Å². The van der Waals surface area contributed by atoms with E-state index >= 15 is 0 Å². The molecule has 130 valence electrons. The van der Waals surface area contributed by atoms with Gasteiger partial charge in [0.2, 0.25) is 0 Å². The number of nitro benzene ring substituents is 1. The molecule has 1 amide bonds. The number of nitrogens with zero attached hydrogens (tertiary/aromatic N) is 1. The lowest BCUT2D eigenvalue weighted by Gasteiger charge is -2.08. The minimum Gasteiger partial charge on any atom is -0.484 e. The van der Waals surface area contributed by atoms with Gasteiger partial charge in [0.1, 0.15) is 5.75 Å². The second-order valence-corrected chi connectivity index (χ2v) is 5.53. The summed E-state index contributed by atoms with van der Waals surface area (Å²) in [6.07, 6.45) is 0. The third-order valence-corrected chi connectivity index (χ3v) is 3.69. The third-order valence-electron chi connectivity index (χ3n) is 3.69. The van der Waals surface area contributed by atoms with Crippen molar-refractivity contribution in [1.82, 2.24) is 0 Å². The van der Waals surface area contributed by atoms with E-state index in [0.29, 0.717) is 11.4 Å². The van der Waals surface area contributed by atoms with Gasteiger partial charge >= 0.3 is 0 Å². The molecular formula is C20H16N2O4. The summed E-state index contributed by atoms with van der Waals surface area (Å²) >= 11 is 0. The van der Waals surface area contributed by atoms with Crippen LogP contribution in [0.4, 0.5) is 11.4 Å². The number of rotatable bonds is 6. The van der Waals surface area contributed by atoms with Crippen molar-refractivity contribution >= 4 is 17.3 Å². The van der Waals surface area contributed by atoms with Crippen LogP contribution in [-0.4, -0.2) is 17.4 Å². The second-order valence-electron chi connectivity index (χ2n) is 5.53. The Hall–Kier alpha value is -3.67. The number of nitro groups is 1. The lowest BCUT2D eigenvalue weighted by Crippen LogP contribution is -2.20. The number of benzene rings is 3. The SMILES string of the molecule is O=C(COc1ccc([N+](=O)[O-])cc1)Nc1ccc(-c2ccccc2)cc1. The maximum absolute atomic E-state index is 12.0.